The number of aromatic nitrogens is 3. The molecule has 0 fully saturated rings. The number of nitrogens with one attached hydrogen (secondary N) is 2. The highest BCUT2D eigenvalue weighted by atomic mass is 16.1. The largest absolute Gasteiger partial charge is 0.309 e. The highest BCUT2D eigenvalue weighted by Crippen LogP contribution is 2.13. The normalized spacial score (nSPS) is 10.2. The first kappa shape index (κ1) is 11.3. The number of aryl methyl sites for hydroxylation is 1. The van der Waals surface area contributed by atoms with Crippen LogP contribution in [0.4, 0.5) is 5.82 Å². The van der Waals surface area contributed by atoms with Gasteiger partial charge in [-0.15, -0.1) is 0 Å². The molecule has 0 radical (unpaired) electrons. The van der Waals surface area contributed by atoms with E-state index in [4.69, 9.17) is 0 Å². The summed E-state index contributed by atoms with van der Waals surface area (Å²) >= 11 is 0. The minimum absolute atomic E-state index is 0.0780. The number of nitrogens with zero attached hydrogens (tertiary/aromatic N) is 2. The van der Waals surface area contributed by atoms with E-state index in [9.17, 15) is 4.79 Å². The Morgan fingerprint density at radius 3 is 2.65 bits per heavy atom. The Bertz CT molecular complexity index is 519. The first-order chi connectivity index (χ1) is 8.16. The van der Waals surface area contributed by atoms with Gasteiger partial charge in [0.05, 0.1) is 6.42 Å². The van der Waals surface area contributed by atoms with Crippen molar-refractivity contribution >= 4 is 11.7 Å². The van der Waals surface area contributed by atoms with E-state index in [1.807, 2.05) is 26.0 Å². The van der Waals surface area contributed by atoms with E-state index in [1.165, 1.54) is 0 Å². The molecule has 0 aliphatic rings. The predicted molar refractivity (Wildman–Crippen MR) is 64.6 cm³/mol. The van der Waals surface area contributed by atoms with Crippen molar-refractivity contribution in [1.82, 2.24) is 15.2 Å². The number of hydrogen-bond acceptors (Lipinski definition) is 3. The van der Waals surface area contributed by atoms with Gasteiger partial charge in [0.2, 0.25) is 5.91 Å². The number of carbonyl (C=O) groups excluding carboxylic acids is 1. The van der Waals surface area contributed by atoms with Crippen molar-refractivity contribution in [1.29, 1.82) is 0 Å². The molecular formula is C12H14N4O. The van der Waals surface area contributed by atoms with Gasteiger partial charge in [0.25, 0.3) is 0 Å². The number of hydrogen-bond donors (Lipinski definition) is 2. The van der Waals surface area contributed by atoms with Crippen LogP contribution in [-0.2, 0) is 11.2 Å². The number of H-pyrrole nitrogens is 1. The van der Waals surface area contributed by atoms with Gasteiger partial charge in [-0.3, -0.25) is 14.9 Å². The minimum Gasteiger partial charge on any atom is -0.309 e. The van der Waals surface area contributed by atoms with Crippen LogP contribution in [0.25, 0.3) is 0 Å². The molecule has 0 aromatic carbocycles. The zero-order valence-electron chi connectivity index (χ0n) is 9.82. The zero-order valence-corrected chi connectivity index (χ0v) is 9.82. The smallest absolute Gasteiger partial charge is 0.230 e. The SMILES string of the molecule is Cc1[nH]nc(NC(=O)Cc2ccncc2)c1C. The lowest BCUT2D eigenvalue weighted by molar-refractivity contribution is -0.115. The summed E-state index contributed by atoms with van der Waals surface area (Å²) in [6, 6.07) is 3.64. The van der Waals surface area contributed by atoms with Crippen molar-refractivity contribution in [2.45, 2.75) is 20.3 Å². The standard InChI is InChI=1S/C12H14N4O/c1-8-9(2)15-16-12(8)14-11(17)7-10-3-5-13-6-4-10/h3-6H,7H2,1-2H3,(H2,14,15,16,17). The molecule has 88 valence electrons. The summed E-state index contributed by atoms with van der Waals surface area (Å²) in [5.41, 5.74) is 2.86. The first-order valence-corrected chi connectivity index (χ1v) is 5.37. The number of pyridine rings is 1. The summed E-state index contributed by atoms with van der Waals surface area (Å²) in [7, 11) is 0. The predicted octanol–water partition coefficient (Wildman–Crippen LogP) is 1.60. The van der Waals surface area contributed by atoms with Crippen LogP contribution in [-0.4, -0.2) is 21.1 Å². The molecule has 0 spiro atoms. The molecular weight excluding hydrogens is 216 g/mol. The molecule has 17 heavy (non-hydrogen) atoms. The Labute approximate surface area is 99.3 Å². The molecule has 2 aromatic heterocycles. The Morgan fingerprint density at radius 1 is 1.35 bits per heavy atom. The molecule has 1 amide bonds. The van der Waals surface area contributed by atoms with Crippen LogP contribution in [0.15, 0.2) is 24.5 Å². The van der Waals surface area contributed by atoms with E-state index in [0.29, 0.717) is 12.2 Å². The number of carbonyl (C=O) groups is 1. The van der Waals surface area contributed by atoms with Gasteiger partial charge in [-0.25, -0.2) is 0 Å². The Kier molecular flexibility index (Phi) is 3.18. The number of anilines is 1. The maximum Gasteiger partial charge on any atom is 0.230 e. The maximum absolute atomic E-state index is 11.8. The van der Waals surface area contributed by atoms with Crippen LogP contribution in [0, 0.1) is 13.8 Å². The molecule has 0 unspecified atom stereocenters. The van der Waals surface area contributed by atoms with E-state index in [2.05, 4.69) is 20.5 Å². The molecule has 2 rings (SSSR count). The molecule has 0 aliphatic carbocycles. The van der Waals surface area contributed by atoms with Gasteiger partial charge in [-0.2, -0.15) is 5.10 Å². The molecule has 0 bridgehead atoms. The van der Waals surface area contributed by atoms with Crippen LogP contribution in [0.1, 0.15) is 16.8 Å². The highest BCUT2D eigenvalue weighted by molar-refractivity contribution is 5.92. The molecule has 2 aromatic rings. The third-order valence-electron chi connectivity index (χ3n) is 2.62. The zero-order chi connectivity index (χ0) is 12.3. The fourth-order valence-corrected chi connectivity index (χ4v) is 1.47. The van der Waals surface area contributed by atoms with Gasteiger partial charge in [0, 0.05) is 23.7 Å². The number of amides is 1. The summed E-state index contributed by atoms with van der Waals surface area (Å²) < 4.78 is 0. The van der Waals surface area contributed by atoms with Crippen LogP contribution in [0.3, 0.4) is 0 Å². The second kappa shape index (κ2) is 4.78. The van der Waals surface area contributed by atoms with Gasteiger partial charge in [-0.05, 0) is 31.5 Å². The molecule has 0 saturated heterocycles. The Hall–Kier alpha value is -2.17. The van der Waals surface area contributed by atoms with Gasteiger partial charge >= 0.3 is 0 Å². The minimum atomic E-state index is -0.0780. The summed E-state index contributed by atoms with van der Waals surface area (Å²) in [5.74, 6) is 0.521. The molecule has 5 heteroatoms. The summed E-state index contributed by atoms with van der Waals surface area (Å²) in [6.45, 7) is 3.84. The van der Waals surface area contributed by atoms with Crippen LogP contribution in [0.2, 0.25) is 0 Å². The average Bonchev–Trinajstić information content (AvgIpc) is 2.62. The number of rotatable bonds is 3. The van der Waals surface area contributed by atoms with Gasteiger partial charge in [0.15, 0.2) is 5.82 Å². The van der Waals surface area contributed by atoms with Crippen molar-refractivity contribution < 1.29 is 4.79 Å². The quantitative estimate of drug-likeness (QED) is 0.841. The first-order valence-electron chi connectivity index (χ1n) is 5.37. The summed E-state index contributed by atoms with van der Waals surface area (Å²) in [4.78, 5) is 15.7. The average molecular weight is 230 g/mol. The van der Waals surface area contributed by atoms with Crippen LogP contribution < -0.4 is 5.32 Å². The van der Waals surface area contributed by atoms with Gasteiger partial charge in [-0.1, -0.05) is 0 Å². The lowest BCUT2D eigenvalue weighted by Gasteiger charge is -2.03. The second-order valence-corrected chi connectivity index (χ2v) is 3.90. The van der Waals surface area contributed by atoms with E-state index in [0.717, 1.165) is 16.8 Å². The van der Waals surface area contributed by atoms with E-state index < -0.39 is 0 Å². The summed E-state index contributed by atoms with van der Waals surface area (Å²) in [5, 5.41) is 9.64. The van der Waals surface area contributed by atoms with Crippen LogP contribution in [0.5, 0.6) is 0 Å². The summed E-state index contributed by atoms with van der Waals surface area (Å²) in [6.07, 6.45) is 3.67. The lowest BCUT2D eigenvalue weighted by Crippen LogP contribution is -2.15. The van der Waals surface area contributed by atoms with Crippen molar-refractivity contribution in [3.63, 3.8) is 0 Å². The van der Waals surface area contributed by atoms with Crippen molar-refractivity contribution in [3.05, 3.63) is 41.3 Å². The molecule has 2 N–H and O–H groups in total. The molecule has 0 atom stereocenters. The molecule has 2 heterocycles. The fraction of sp³-hybridized carbons (Fsp3) is 0.250. The second-order valence-electron chi connectivity index (χ2n) is 3.90. The Morgan fingerprint density at radius 2 is 2.06 bits per heavy atom. The van der Waals surface area contributed by atoms with Gasteiger partial charge in [0.1, 0.15) is 0 Å². The van der Waals surface area contributed by atoms with E-state index in [1.54, 1.807) is 12.4 Å². The van der Waals surface area contributed by atoms with E-state index in [-0.39, 0.29) is 5.91 Å². The van der Waals surface area contributed by atoms with Crippen LogP contribution >= 0.6 is 0 Å². The maximum atomic E-state index is 11.8. The lowest BCUT2D eigenvalue weighted by atomic mass is 10.2. The molecule has 0 saturated carbocycles. The monoisotopic (exact) mass is 230 g/mol. The topological polar surface area (TPSA) is 70.7 Å². The molecule has 5 nitrogen and oxygen atoms in total. The van der Waals surface area contributed by atoms with Crippen molar-refractivity contribution in [2.24, 2.45) is 0 Å². The van der Waals surface area contributed by atoms with E-state index >= 15 is 0 Å². The Balaban J connectivity index is 2.01. The number of aromatic amines is 1. The third-order valence-corrected chi connectivity index (χ3v) is 2.62. The third kappa shape index (κ3) is 2.69. The van der Waals surface area contributed by atoms with Gasteiger partial charge < -0.3 is 5.32 Å². The highest BCUT2D eigenvalue weighted by Gasteiger charge is 2.09. The van der Waals surface area contributed by atoms with Crippen molar-refractivity contribution in [3.8, 4) is 0 Å². The van der Waals surface area contributed by atoms with Crippen molar-refractivity contribution in [2.75, 3.05) is 5.32 Å². The fourth-order valence-electron chi connectivity index (χ4n) is 1.47. The molecule has 0 aliphatic heterocycles.